The molecular weight excluding hydrogens is 248 g/mol. The summed E-state index contributed by atoms with van der Waals surface area (Å²) in [5.41, 5.74) is 1.25. The summed E-state index contributed by atoms with van der Waals surface area (Å²) in [5, 5.41) is 3.38. The van der Waals surface area contributed by atoms with Crippen LogP contribution in [0.15, 0.2) is 54.6 Å². The van der Waals surface area contributed by atoms with Gasteiger partial charge >= 0.3 is 0 Å². The first-order valence-electron chi connectivity index (χ1n) is 7.16. The van der Waals surface area contributed by atoms with E-state index in [4.69, 9.17) is 4.74 Å². The van der Waals surface area contributed by atoms with Crippen LogP contribution in [0.1, 0.15) is 5.56 Å². The number of ether oxygens (including phenoxy) is 1. The Bertz CT molecular complexity index is 536. The highest BCUT2D eigenvalue weighted by molar-refractivity contribution is 5.37. The molecule has 3 heteroatoms. The topological polar surface area (TPSA) is 24.5 Å². The van der Waals surface area contributed by atoms with Gasteiger partial charge in [-0.15, -0.1) is 0 Å². The van der Waals surface area contributed by atoms with Crippen molar-refractivity contribution in [1.29, 1.82) is 0 Å². The number of nitrogens with zero attached hydrogens (tertiary/aromatic N) is 1. The Balaban J connectivity index is 1.74. The van der Waals surface area contributed by atoms with Crippen LogP contribution in [0.2, 0.25) is 0 Å². The fourth-order valence-corrected chi connectivity index (χ4v) is 2.46. The van der Waals surface area contributed by atoms with E-state index in [0.717, 1.165) is 44.2 Å². The van der Waals surface area contributed by atoms with Crippen LogP contribution in [-0.2, 0) is 6.54 Å². The van der Waals surface area contributed by atoms with Crippen LogP contribution < -0.4 is 10.1 Å². The lowest BCUT2D eigenvalue weighted by atomic mass is 10.1. The summed E-state index contributed by atoms with van der Waals surface area (Å²) in [7, 11) is 0. The highest BCUT2D eigenvalue weighted by atomic mass is 16.5. The van der Waals surface area contributed by atoms with E-state index in [1.165, 1.54) is 5.56 Å². The zero-order chi connectivity index (χ0) is 13.6. The Kier molecular flexibility index (Phi) is 4.31. The van der Waals surface area contributed by atoms with E-state index in [-0.39, 0.29) is 0 Å². The second-order valence-electron chi connectivity index (χ2n) is 5.05. The number of piperazine rings is 1. The molecule has 0 unspecified atom stereocenters. The Hall–Kier alpha value is -1.84. The van der Waals surface area contributed by atoms with Gasteiger partial charge in [-0.3, -0.25) is 4.90 Å². The molecule has 20 heavy (non-hydrogen) atoms. The number of rotatable bonds is 4. The van der Waals surface area contributed by atoms with Crippen molar-refractivity contribution in [3.63, 3.8) is 0 Å². The van der Waals surface area contributed by atoms with Crippen molar-refractivity contribution in [3.05, 3.63) is 60.2 Å². The molecule has 1 saturated heterocycles. The Morgan fingerprint density at radius 1 is 0.900 bits per heavy atom. The summed E-state index contributed by atoms with van der Waals surface area (Å²) in [4.78, 5) is 2.46. The van der Waals surface area contributed by atoms with Gasteiger partial charge in [-0.2, -0.15) is 0 Å². The van der Waals surface area contributed by atoms with Gasteiger partial charge in [0, 0.05) is 38.3 Å². The molecule has 1 aliphatic heterocycles. The van der Waals surface area contributed by atoms with Crippen molar-refractivity contribution in [1.82, 2.24) is 10.2 Å². The van der Waals surface area contributed by atoms with Gasteiger partial charge in [0.25, 0.3) is 0 Å². The summed E-state index contributed by atoms with van der Waals surface area (Å²) in [6.45, 7) is 5.29. The van der Waals surface area contributed by atoms with Crippen molar-refractivity contribution in [2.45, 2.75) is 6.54 Å². The fourth-order valence-electron chi connectivity index (χ4n) is 2.46. The Labute approximate surface area is 120 Å². The standard InChI is InChI=1S/C17H20N2O/c1-2-7-16(8-3-1)20-17-9-5-4-6-15(17)14-19-12-10-18-11-13-19/h1-9,18H,10-14H2. The number of benzene rings is 2. The van der Waals surface area contributed by atoms with Crippen LogP contribution >= 0.6 is 0 Å². The smallest absolute Gasteiger partial charge is 0.131 e. The van der Waals surface area contributed by atoms with Crippen LogP contribution in [0, 0.1) is 0 Å². The van der Waals surface area contributed by atoms with Gasteiger partial charge in [-0.25, -0.2) is 0 Å². The van der Waals surface area contributed by atoms with Crippen LogP contribution in [0.3, 0.4) is 0 Å². The lowest BCUT2D eigenvalue weighted by molar-refractivity contribution is 0.231. The van der Waals surface area contributed by atoms with Crippen molar-refractivity contribution >= 4 is 0 Å². The van der Waals surface area contributed by atoms with E-state index >= 15 is 0 Å². The molecule has 0 bridgehead atoms. The highest BCUT2D eigenvalue weighted by Gasteiger charge is 2.12. The lowest BCUT2D eigenvalue weighted by Gasteiger charge is -2.27. The molecule has 1 fully saturated rings. The monoisotopic (exact) mass is 268 g/mol. The van der Waals surface area contributed by atoms with E-state index in [0.29, 0.717) is 0 Å². The molecule has 3 nitrogen and oxygen atoms in total. The molecule has 1 heterocycles. The first kappa shape index (κ1) is 13.2. The maximum Gasteiger partial charge on any atom is 0.131 e. The van der Waals surface area contributed by atoms with Crippen LogP contribution in [-0.4, -0.2) is 31.1 Å². The highest BCUT2D eigenvalue weighted by Crippen LogP contribution is 2.26. The zero-order valence-corrected chi connectivity index (χ0v) is 11.6. The molecular formula is C17H20N2O. The van der Waals surface area contributed by atoms with Crippen LogP contribution in [0.25, 0.3) is 0 Å². The van der Waals surface area contributed by atoms with Gasteiger partial charge in [0.2, 0.25) is 0 Å². The molecule has 0 amide bonds. The normalized spacial score (nSPS) is 16.0. The molecule has 104 valence electrons. The van der Waals surface area contributed by atoms with E-state index in [1.54, 1.807) is 0 Å². The number of hydrogen-bond acceptors (Lipinski definition) is 3. The number of hydrogen-bond donors (Lipinski definition) is 1. The van der Waals surface area contributed by atoms with E-state index < -0.39 is 0 Å². The summed E-state index contributed by atoms with van der Waals surface area (Å²) in [6, 6.07) is 18.3. The first-order valence-corrected chi connectivity index (χ1v) is 7.16. The largest absolute Gasteiger partial charge is 0.457 e. The minimum atomic E-state index is 0.889. The summed E-state index contributed by atoms with van der Waals surface area (Å²) < 4.78 is 6.01. The molecule has 3 rings (SSSR count). The first-order chi connectivity index (χ1) is 9.92. The van der Waals surface area contributed by atoms with E-state index in [9.17, 15) is 0 Å². The summed E-state index contributed by atoms with van der Waals surface area (Å²) >= 11 is 0. The molecule has 0 radical (unpaired) electrons. The zero-order valence-electron chi connectivity index (χ0n) is 11.6. The Morgan fingerprint density at radius 3 is 2.40 bits per heavy atom. The van der Waals surface area contributed by atoms with Gasteiger partial charge in [0.15, 0.2) is 0 Å². The average Bonchev–Trinajstić information content (AvgIpc) is 2.51. The van der Waals surface area contributed by atoms with Crippen LogP contribution in [0.4, 0.5) is 0 Å². The second-order valence-corrected chi connectivity index (χ2v) is 5.05. The van der Waals surface area contributed by atoms with Gasteiger partial charge in [0.05, 0.1) is 0 Å². The molecule has 2 aromatic carbocycles. The lowest BCUT2D eigenvalue weighted by Crippen LogP contribution is -2.42. The predicted octanol–water partition coefficient (Wildman–Crippen LogP) is 2.88. The van der Waals surface area contributed by atoms with E-state index in [1.807, 2.05) is 42.5 Å². The summed E-state index contributed by atoms with van der Waals surface area (Å²) in [6.07, 6.45) is 0. The minimum Gasteiger partial charge on any atom is -0.457 e. The van der Waals surface area contributed by atoms with Gasteiger partial charge in [-0.05, 0) is 18.2 Å². The third-order valence-electron chi connectivity index (χ3n) is 3.55. The molecule has 0 aliphatic carbocycles. The number of para-hydroxylation sites is 2. The third-order valence-corrected chi connectivity index (χ3v) is 3.55. The van der Waals surface area contributed by atoms with E-state index in [2.05, 4.69) is 22.3 Å². The third kappa shape index (κ3) is 3.38. The van der Waals surface area contributed by atoms with Crippen LogP contribution in [0.5, 0.6) is 11.5 Å². The maximum absolute atomic E-state index is 6.01. The molecule has 0 spiro atoms. The average molecular weight is 268 g/mol. The van der Waals surface area contributed by atoms with Gasteiger partial charge in [-0.1, -0.05) is 36.4 Å². The minimum absolute atomic E-state index is 0.889. The summed E-state index contributed by atoms with van der Waals surface area (Å²) in [5.74, 6) is 1.84. The molecule has 1 N–H and O–H groups in total. The molecule has 2 aromatic rings. The maximum atomic E-state index is 6.01. The van der Waals surface area contributed by atoms with Gasteiger partial charge in [0.1, 0.15) is 11.5 Å². The SMILES string of the molecule is c1ccc(Oc2ccccc2CN2CCNCC2)cc1. The Morgan fingerprint density at radius 2 is 1.60 bits per heavy atom. The van der Waals surface area contributed by atoms with Crippen molar-refractivity contribution < 1.29 is 4.74 Å². The van der Waals surface area contributed by atoms with Crippen molar-refractivity contribution in [3.8, 4) is 11.5 Å². The molecule has 1 aliphatic rings. The van der Waals surface area contributed by atoms with Crippen molar-refractivity contribution in [2.24, 2.45) is 0 Å². The molecule has 0 aromatic heterocycles. The fraction of sp³-hybridized carbons (Fsp3) is 0.294. The quantitative estimate of drug-likeness (QED) is 0.922. The number of nitrogens with one attached hydrogen (secondary N) is 1. The second kappa shape index (κ2) is 6.55. The van der Waals surface area contributed by atoms with Crippen molar-refractivity contribution in [2.75, 3.05) is 26.2 Å². The molecule has 0 atom stereocenters. The molecule has 0 saturated carbocycles. The predicted molar refractivity (Wildman–Crippen MR) is 81.1 cm³/mol. The van der Waals surface area contributed by atoms with Gasteiger partial charge < -0.3 is 10.1 Å².